The molecule has 3 aliphatic rings. The van der Waals surface area contributed by atoms with Crippen LogP contribution in [0.25, 0.3) is 0 Å². The largest absolute Gasteiger partial charge is 0.393 e. The molecule has 22 heavy (non-hydrogen) atoms. The molecule has 3 rings (SSSR count). The van der Waals surface area contributed by atoms with Gasteiger partial charge in [-0.25, -0.2) is 0 Å². The number of carbonyl (C=O) groups is 1. The van der Waals surface area contributed by atoms with Gasteiger partial charge in [-0.3, -0.25) is 4.79 Å². The second-order valence-corrected chi connectivity index (χ2v) is 8.96. The smallest absolute Gasteiger partial charge is 0.159 e. The molecular formula is C20H30O2. The first-order valence-corrected chi connectivity index (χ1v) is 8.72. The van der Waals surface area contributed by atoms with Crippen LogP contribution < -0.4 is 0 Å². The molecule has 0 amide bonds. The van der Waals surface area contributed by atoms with E-state index in [0.29, 0.717) is 18.1 Å². The zero-order valence-electron chi connectivity index (χ0n) is 14.5. The molecule has 2 nitrogen and oxygen atoms in total. The minimum absolute atomic E-state index is 0.0333. The van der Waals surface area contributed by atoms with E-state index in [0.717, 1.165) is 31.3 Å². The van der Waals surface area contributed by atoms with E-state index in [1.807, 2.05) is 6.08 Å². The molecule has 0 spiro atoms. The molecule has 0 heterocycles. The van der Waals surface area contributed by atoms with Gasteiger partial charge in [0.1, 0.15) is 0 Å². The minimum Gasteiger partial charge on any atom is -0.393 e. The first-order chi connectivity index (χ1) is 10.1. The van der Waals surface area contributed by atoms with Crippen LogP contribution in [0.5, 0.6) is 0 Å². The third-order valence-corrected chi connectivity index (χ3v) is 7.32. The zero-order chi connectivity index (χ0) is 16.3. The Balaban J connectivity index is 2.05. The van der Waals surface area contributed by atoms with Crippen LogP contribution in [0.15, 0.2) is 24.3 Å². The number of hydrogen-bond donors (Lipinski definition) is 1. The van der Waals surface area contributed by atoms with Gasteiger partial charge in [0.25, 0.3) is 0 Å². The molecule has 0 unspecified atom stereocenters. The highest BCUT2D eigenvalue weighted by Crippen LogP contribution is 2.62. The highest BCUT2D eigenvalue weighted by molar-refractivity contribution is 5.97. The summed E-state index contributed by atoms with van der Waals surface area (Å²) in [7, 11) is 0. The van der Waals surface area contributed by atoms with Crippen molar-refractivity contribution in [2.45, 2.75) is 65.9 Å². The summed E-state index contributed by atoms with van der Waals surface area (Å²) in [5.74, 6) is 0.951. The number of aliphatic hydroxyl groups excluding tert-OH is 1. The Kier molecular flexibility index (Phi) is 3.49. The summed E-state index contributed by atoms with van der Waals surface area (Å²) >= 11 is 0. The third kappa shape index (κ3) is 2.06. The molecule has 0 saturated heterocycles. The van der Waals surface area contributed by atoms with Crippen molar-refractivity contribution in [3.05, 3.63) is 24.3 Å². The van der Waals surface area contributed by atoms with Crippen LogP contribution in [-0.4, -0.2) is 17.0 Å². The fourth-order valence-corrected chi connectivity index (χ4v) is 5.55. The van der Waals surface area contributed by atoms with Crippen LogP contribution >= 0.6 is 0 Å². The number of allylic oxidation sites excluding steroid dienone is 3. The van der Waals surface area contributed by atoms with Crippen molar-refractivity contribution >= 4 is 5.78 Å². The van der Waals surface area contributed by atoms with E-state index in [-0.39, 0.29) is 28.3 Å². The maximum absolute atomic E-state index is 12.8. The first kappa shape index (κ1) is 16.0. The number of aliphatic hydroxyl groups is 1. The lowest BCUT2D eigenvalue weighted by Gasteiger charge is -2.60. The van der Waals surface area contributed by atoms with Crippen molar-refractivity contribution in [1.29, 1.82) is 0 Å². The van der Waals surface area contributed by atoms with Gasteiger partial charge in [0, 0.05) is 11.8 Å². The predicted octanol–water partition coefficient (Wildman–Crippen LogP) is 4.29. The molecule has 0 aromatic heterocycles. The Hall–Kier alpha value is -0.890. The summed E-state index contributed by atoms with van der Waals surface area (Å²) in [4.78, 5) is 12.8. The lowest BCUT2D eigenvalue weighted by atomic mass is 9.45. The molecule has 122 valence electrons. The second kappa shape index (κ2) is 4.80. The molecule has 3 aliphatic carbocycles. The average Bonchev–Trinajstić information content (AvgIpc) is 2.47. The number of rotatable bonds is 1. The van der Waals surface area contributed by atoms with Gasteiger partial charge in [-0.2, -0.15) is 0 Å². The molecule has 0 aliphatic heterocycles. The number of hydrogen-bond acceptors (Lipinski definition) is 2. The summed E-state index contributed by atoms with van der Waals surface area (Å²) in [6.45, 7) is 12.8. The minimum atomic E-state index is -0.286. The van der Waals surface area contributed by atoms with E-state index in [1.165, 1.54) is 0 Å². The van der Waals surface area contributed by atoms with E-state index in [4.69, 9.17) is 0 Å². The van der Waals surface area contributed by atoms with E-state index in [2.05, 4.69) is 40.3 Å². The van der Waals surface area contributed by atoms with Gasteiger partial charge in [-0.1, -0.05) is 39.8 Å². The molecule has 0 radical (unpaired) electrons. The quantitative estimate of drug-likeness (QED) is 0.734. The highest BCUT2D eigenvalue weighted by atomic mass is 16.3. The van der Waals surface area contributed by atoms with Gasteiger partial charge in [0.15, 0.2) is 5.78 Å². The van der Waals surface area contributed by atoms with Crippen LogP contribution in [0.4, 0.5) is 0 Å². The third-order valence-electron chi connectivity index (χ3n) is 7.32. The summed E-state index contributed by atoms with van der Waals surface area (Å²) in [6.07, 6.45) is 8.53. The van der Waals surface area contributed by atoms with Gasteiger partial charge < -0.3 is 5.11 Å². The molecule has 0 bridgehead atoms. The SMILES string of the molecule is C=C[C@@]1(C)C=C2C(=O)C[C@@H]3C(C)(C)[C@H](O)CC[C@@]3(C)[C@@H]2CC1. The molecule has 0 aromatic rings. The van der Waals surface area contributed by atoms with E-state index < -0.39 is 0 Å². The van der Waals surface area contributed by atoms with Gasteiger partial charge in [0.05, 0.1) is 6.10 Å². The normalized spacial score (nSPS) is 47.2. The average molecular weight is 302 g/mol. The lowest BCUT2D eigenvalue weighted by molar-refractivity contribution is -0.147. The number of Topliss-reactive ketones (excluding diaryl/α,β-unsaturated/α-hetero) is 1. The molecule has 1 N–H and O–H groups in total. The molecule has 2 heteroatoms. The van der Waals surface area contributed by atoms with Crippen molar-refractivity contribution in [2.24, 2.45) is 28.1 Å². The topological polar surface area (TPSA) is 37.3 Å². The first-order valence-electron chi connectivity index (χ1n) is 8.72. The summed E-state index contributed by atoms with van der Waals surface area (Å²) < 4.78 is 0. The standard InChI is InChI=1S/C20H30O2/c1-6-19(4)9-7-14-13(12-19)15(21)11-16-18(2,3)17(22)8-10-20(14,16)5/h6,12,14,16-17,22H,1,7-11H2,2-5H3/t14-,16-,17-,19-,20+/m1/s1. The number of carbonyl (C=O) groups excluding carboxylic acids is 1. The Morgan fingerprint density at radius 3 is 2.55 bits per heavy atom. The fraction of sp³-hybridized carbons (Fsp3) is 0.750. The van der Waals surface area contributed by atoms with Crippen molar-refractivity contribution in [3.8, 4) is 0 Å². The second-order valence-electron chi connectivity index (χ2n) is 8.96. The van der Waals surface area contributed by atoms with Crippen LogP contribution in [0.2, 0.25) is 0 Å². The van der Waals surface area contributed by atoms with E-state index in [1.54, 1.807) is 0 Å². The van der Waals surface area contributed by atoms with Crippen LogP contribution in [0, 0.1) is 28.1 Å². The molecule has 0 aromatic carbocycles. The lowest BCUT2D eigenvalue weighted by Crippen LogP contribution is -2.57. The van der Waals surface area contributed by atoms with Gasteiger partial charge in [-0.15, -0.1) is 6.58 Å². The van der Waals surface area contributed by atoms with E-state index >= 15 is 0 Å². The molecule has 5 atom stereocenters. The summed E-state index contributed by atoms with van der Waals surface area (Å²) in [5.41, 5.74) is 0.992. The monoisotopic (exact) mass is 302 g/mol. The van der Waals surface area contributed by atoms with E-state index in [9.17, 15) is 9.90 Å². The van der Waals surface area contributed by atoms with Gasteiger partial charge in [-0.05, 0) is 53.9 Å². The Bertz CT molecular complexity index is 544. The molecule has 2 saturated carbocycles. The summed E-state index contributed by atoms with van der Waals surface area (Å²) in [6, 6.07) is 0. The predicted molar refractivity (Wildman–Crippen MR) is 89.4 cm³/mol. The Labute approximate surface area is 134 Å². The zero-order valence-corrected chi connectivity index (χ0v) is 14.5. The van der Waals surface area contributed by atoms with Crippen LogP contribution in [0.1, 0.15) is 59.8 Å². The summed E-state index contributed by atoms with van der Waals surface area (Å²) in [5, 5.41) is 10.5. The van der Waals surface area contributed by atoms with Crippen LogP contribution in [-0.2, 0) is 4.79 Å². The number of ketones is 1. The maximum Gasteiger partial charge on any atom is 0.159 e. The van der Waals surface area contributed by atoms with Crippen molar-refractivity contribution < 1.29 is 9.90 Å². The van der Waals surface area contributed by atoms with Crippen LogP contribution in [0.3, 0.4) is 0 Å². The van der Waals surface area contributed by atoms with Crippen molar-refractivity contribution in [3.63, 3.8) is 0 Å². The molecule has 2 fully saturated rings. The Morgan fingerprint density at radius 1 is 1.23 bits per heavy atom. The Morgan fingerprint density at radius 2 is 1.91 bits per heavy atom. The van der Waals surface area contributed by atoms with Gasteiger partial charge >= 0.3 is 0 Å². The molecular weight excluding hydrogens is 272 g/mol. The fourth-order valence-electron chi connectivity index (χ4n) is 5.55. The maximum atomic E-state index is 12.8. The van der Waals surface area contributed by atoms with Crippen molar-refractivity contribution in [2.75, 3.05) is 0 Å². The number of fused-ring (bicyclic) bond motifs is 3. The highest BCUT2D eigenvalue weighted by Gasteiger charge is 2.58. The van der Waals surface area contributed by atoms with Gasteiger partial charge in [0.2, 0.25) is 0 Å². The van der Waals surface area contributed by atoms with Crippen molar-refractivity contribution in [1.82, 2.24) is 0 Å².